The number of hydrogen-bond donors (Lipinski definition) is 0. The standard InChI is InChI=1S/C21H21F3N2O2S/c1-14(2)28-18-8-6-16(7-9-18)19(27)26-11-10-25-20(26)29-13-15-4-3-5-17(12-15)21(22,23)24/h3-9,12,14H,10-11,13H2,1-2H3. The Morgan fingerprint density at radius 1 is 1.21 bits per heavy atom. The molecule has 0 radical (unpaired) electrons. The Morgan fingerprint density at radius 3 is 2.59 bits per heavy atom. The highest BCUT2D eigenvalue weighted by molar-refractivity contribution is 8.13. The van der Waals surface area contributed by atoms with Crippen molar-refractivity contribution in [2.24, 2.45) is 4.99 Å². The topological polar surface area (TPSA) is 41.9 Å². The monoisotopic (exact) mass is 422 g/mol. The molecule has 0 fully saturated rings. The molecule has 29 heavy (non-hydrogen) atoms. The third kappa shape index (κ3) is 5.53. The predicted molar refractivity (Wildman–Crippen MR) is 108 cm³/mol. The molecule has 1 amide bonds. The van der Waals surface area contributed by atoms with Crippen LogP contribution in [0.2, 0.25) is 0 Å². The first kappa shape index (κ1) is 21.2. The maximum atomic E-state index is 12.9. The molecule has 3 rings (SSSR count). The summed E-state index contributed by atoms with van der Waals surface area (Å²) in [5, 5.41) is 0.523. The second kappa shape index (κ2) is 8.90. The third-order valence-corrected chi connectivity index (χ3v) is 5.23. The van der Waals surface area contributed by atoms with Gasteiger partial charge in [0.2, 0.25) is 0 Å². The summed E-state index contributed by atoms with van der Waals surface area (Å²) in [6.45, 7) is 4.78. The molecule has 1 heterocycles. The summed E-state index contributed by atoms with van der Waals surface area (Å²) in [4.78, 5) is 18.7. The van der Waals surface area contributed by atoms with Crippen LogP contribution in [0.5, 0.6) is 5.75 Å². The number of benzene rings is 2. The van der Waals surface area contributed by atoms with Gasteiger partial charge in [-0.05, 0) is 49.7 Å². The van der Waals surface area contributed by atoms with Crippen molar-refractivity contribution in [1.29, 1.82) is 0 Å². The molecule has 0 atom stereocenters. The zero-order chi connectivity index (χ0) is 21.0. The normalized spacial score (nSPS) is 14.3. The number of alkyl halides is 3. The lowest BCUT2D eigenvalue weighted by Gasteiger charge is -2.18. The van der Waals surface area contributed by atoms with E-state index in [2.05, 4.69) is 4.99 Å². The summed E-state index contributed by atoms with van der Waals surface area (Å²) >= 11 is 1.26. The van der Waals surface area contributed by atoms with E-state index < -0.39 is 11.7 Å². The van der Waals surface area contributed by atoms with Crippen molar-refractivity contribution < 1.29 is 22.7 Å². The van der Waals surface area contributed by atoms with E-state index in [0.29, 0.717) is 40.9 Å². The predicted octanol–water partition coefficient (Wildman–Crippen LogP) is 5.24. The van der Waals surface area contributed by atoms with Gasteiger partial charge in [0.15, 0.2) is 5.17 Å². The molecular formula is C21H21F3N2O2S. The molecule has 8 heteroatoms. The van der Waals surface area contributed by atoms with Crippen molar-refractivity contribution in [1.82, 2.24) is 4.90 Å². The SMILES string of the molecule is CC(C)Oc1ccc(C(=O)N2CCN=C2SCc2cccc(C(F)(F)F)c2)cc1. The van der Waals surface area contributed by atoms with Gasteiger partial charge in [-0.15, -0.1) is 0 Å². The molecule has 0 aromatic heterocycles. The fraction of sp³-hybridized carbons (Fsp3) is 0.333. The van der Waals surface area contributed by atoms with Gasteiger partial charge in [0, 0.05) is 17.9 Å². The van der Waals surface area contributed by atoms with Crippen LogP contribution in [0.15, 0.2) is 53.5 Å². The van der Waals surface area contributed by atoms with Crippen LogP contribution in [0, 0.1) is 0 Å². The number of ether oxygens (including phenoxy) is 1. The fourth-order valence-corrected chi connectivity index (χ4v) is 3.82. The molecule has 0 aliphatic carbocycles. The second-order valence-corrected chi connectivity index (χ2v) is 7.74. The first-order chi connectivity index (χ1) is 13.7. The quantitative estimate of drug-likeness (QED) is 0.662. The highest BCUT2D eigenvalue weighted by Gasteiger charge is 2.30. The summed E-state index contributed by atoms with van der Waals surface area (Å²) in [6.07, 6.45) is -4.33. The van der Waals surface area contributed by atoms with Gasteiger partial charge in [-0.2, -0.15) is 13.2 Å². The van der Waals surface area contributed by atoms with E-state index in [1.807, 2.05) is 13.8 Å². The van der Waals surface area contributed by atoms with Crippen LogP contribution in [0.1, 0.15) is 35.3 Å². The van der Waals surface area contributed by atoms with Gasteiger partial charge in [-0.1, -0.05) is 30.0 Å². The average Bonchev–Trinajstić information content (AvgIpc) is 3.14. The number of rotatable bonds is 5. The van der Waals surface area contributed by atoms with Crippen LogP contribution in [-0.4, -0.2) is 35.2 Å². The van der Waals surface area contributed by atoms with Gasteiger partial charge in [0.1, 0.15) is 5.75 Å². The molecule has 1 aliphatic heterocycles. The summed E-state index contributed by atoms with van der Waals surface area (Å²) in [5.74, 6) is 0.799. The largest absolute Gasteiger partial charge is 0.491 e. The lowest BCUT2D eigenvalue weighted by Crippen LogP contribution is -2.32. The Labute approximate surface area is 171 Å². The highest BCUT2D eigenvalue weighted by atomic mass is 32.2. The summed E-state index contributed by atoms with van der Waals surface area (Å²) in [5.41, 5.74) is 0.359. The zero-order valence-corrected chi connectivity index (χ0v) is 16.9. The van der Waals surface area contributed by atoms with Gasteiger partial charge in [0.25, 0.3) is 5.91 Å². The minimum atomic E-state index is -4.38. The third-order valence-electron chi connectivity index (χ3n) is 4.14. The van der Waals surface area contributed by atoms with E-state index in [1.165, 1.54) is 17.8 Å². The van der Waals surface area contributed by atoms with Crippen molar-refractivity contribution in [3.8, 4) is 5.75 Å². The van der Waals surface area contributed by atoms with Crippen molar-refractivity contribution in [2.75, 3.05) is 13.1 Å². The molecule has 0 saturated carbocycles. The lowest BCUT2D eigenvalue weighted by molar-refractivity contribution is -0.137. The first-order valence-corrected chi connectivity index (χ1v) is 10.1. The van der Waals surface area contributed by atoms with Crippen molar-refractivity contribution >= 4 is 22.8 Å². The van der Waals surface area contributed by atoms with Crippen LogP contribution in [0.25, 0.3) is 0 Å². The first-order valence-electron chi connectivity index (χ1n) is 9.16. The minimum Gasteiger partial charge on any atom is -0.491 e. The maximum Gasteiger partial charge on any atom is 0.416 e. The van der Waals surface area contributed by atoms with Crippen LogP contribution in [0.3, 0.4) is 0 Å². The second-order valence-electron chi connectivity index (χ2n) is 6.80. The zero-order valence-electron chi connectivity index (χ0n) is 16.1. The maximum absolute atomic E-state index is 12.9. The molecule has 2 aromatic rings. The summed E-state index contributed by atoms with van der Waals surface area (Å²) in [6, 6.07) is 12.1. The van der Waals surface area contributed by atoms with Crippen LogP contribution in [0.4, 0.5) is 13.2 Å². The molecule has 0 bridgehead atoms. The molecule has 0 spiro atoms. The highest BCUT2D eigenvalue weighted by Crippen LogP contribution is 2.31. The number of amidine groups is 1. The minimum absolute atomic E-state index is 0.0427. The van der Waals surface area contributed by atoms with E-state index in [1.54, 1.807) is 35.2 Å². The Morgan fingerprint density at radius 2 is 1.93 bits per heavy atom. The number of aliphatic imine (C=N–C) groups is 1. The van der Waals surface area contributed by atoms with Crippen LogP contribution in [-0.2, 0) is 11.9 Å². The van der Waals surface area contributed by atoms with Gasteiger partial charge in [0.05, 0.1) is 18.2 Å². The number of hydrogen-bond acceptors (Lipinski definition) is 4. The van der Waals surface area contributed by atoms with E-state index >= 15 is 0 Å². The lowest BCUT2D eigenvalue weighted by atomic mass is 10.1. The number of carbonyl (C=O) groups is 1. The molecule has 0 saturated heterocycles. The summed E-state index contributed by atoms with van der Waals surface area (Å²) < 4.78 is 44.2. The van der Waals surface area contributed by atoms with Crippen molar-refractivity contribution in [3.05, 3.63) is 65.2 Å². The van der Waals surface area contributed by atoms with Crippen LogP contribution >= 0.6 is 11.8 Å². The smallest absolute Gasteiger partial charge is 0.416 e. The number of halogens is 3. The Kier molecular flexibility index (Phi) is 6.52. The van der Waals surface area contributed by atoms with E-state index in [-0.39, 0.29) is 12.0 Å². The van der Waals surface area contributed by atoms with E-state index in [0.717, 1.165) is 12.1 Å². The number of carbonyl (C=O) groups excluding carboxylic acids is 1. The molecule has 0 N–H and O–H groups in total. The number of amides is 1. The molecule has 1 aliphatic rings. The Balaban J connectivity index is 1.65. The summed E-state index contributed by atoms with van der Waals surface area (Å²) in [7, 11) is 0. The molecule has 4 nitrogen and oxygen atoms in total. The van der Waals surface area contributed by atoms with E-state index in [9.17, 15) is 18.0 Å². The Hall–Kier alpha value is -2.48. The average molecular weight is 422 g/mol. The van der Waals surface area contributed by atoms with Gasteiger partial charge in [-0.3, -0.25) is 14.7 Å². The van der Waals surface area contributed by atoms with Crippen molar-refractivity contribution in [3.63, 3.8) is 0 Å². The van der Waals surface area contributed by atoms with E-state index in [4.69, 9.17) is 4.74 Å². The Bertz CT molecular complexity index is 896. The van der Waals surface area contributed by atoms with Gasteiger partial charge >= 0.3 is 6.18 Å². The van der Waals surface area contributed by atoms with Crippen molar-refractivity contribution in [2.45, 2.75) is 31.9 Å². The van der Waals surface area contributed by atoms with Crippen LogP contribution < -0.4 is 4.74 Å². The fourth-order valence-electron chi connectivity index (χ4n) is 2.83. The van der Waals surface area contributed by atoms with Gasteiger partial charge in [-0.25, -0.2) is 0 Å². The number of thioether (sulfide) groups is 1. The molecular weight excluding hydrogens is 401 g/mol. The molecule has 0 unspecified atom stereocenters. The number of nitrogens with zero attached hydrogens (tertiary/aromatic N) is 2. The van der Waals surface area contributed by atoms with Gasteiger partial charge < -0.3 is 4.74 Å². The molecule has 2 aromatic carbocycles. The molecule has 154 valence electrons.